The fourth-order valence-corrected chi connectivity index (χ4v) is 2.73. The highest BCUT2D eigenvalue weighted by molar-refractivity contribution is 7.09. The van der Waals surface area contributed by atoms with Crippen LogP contribution >= 0.6 is 11.3 Å². The molecule has 0 fully saturated rings. The number of hydrogen-bond acceptors (Lipinski definition) is 4. The van der Waals surface area contributed by atoms with E-state index in [1.165, 1.54) is 0 Å². The second-order valence-electron chi connectivity index (χ2n) is 4.75. The first-order valence-corrected chi connectivity index (χ1v) is 7.63. The lowest BCUT2D eigenvalue weighted by Gasteiger charge is -2.23. The van der Waals surface area contributed by atoms with Crippen molar-refractivity contribution in [2.24, 2.45) is 0 Å². The number of carbonyl (C=O) groups is 1. The highest BCUT2D eigenvalue weighted by Crippen LogP contribution is 2.22. The molecule has 2 aromatic heterocycles. The summed E-state index contributed by atoms with van der Waals surface area (Å²) >= 11 is 1.57. The topological polar surface area (TPSA) is 46.1 Å². The molecule has 0 aromatic carbocycles. The normalized spacial score (nSPS) is 12.2. The SMILES string of the molecule is CCCc1cc(C(=O)N(C)[C@@H](C)c2nccs2)ccn1. The molecule has 2 rings (SSSR count). The average molecular weight is 289 g/mol. The molecule has 0 N–H and O–H groups in total. The van der Waals surface area contributed by atoms with Gasteiger partial charge in [-0.15, -0.1) is 11.3 Å². The third-order valence-electron chi connectivity index (χ3n) is 3.28. The standard InChI is InChI=1S/C15H19N3OS/c1-4-5-13-10-12(6-7-16-13)15(19)18(3)11(2)14-17-8-9-20-14/h6-11H,4-5H2,1-3H3/t11-/m0/s1. The molecule has 0 bridgehead atoms. The van der Waals surface area contributed by atoms with E-state index in [-0.39, 0.29) is 11.9 Å². The molecule has 5 heteroatoms. The van der Waals surface area contributed by atoms with Gasteiger partial charge < -0.3 is 4.90 Å². The van der Waals surface area contributed by atoms with Crippen LogP contribution in [-0.4, -0.2) is 27.8 Å². The first kappa shape index (κ1) is 14.7. The Balaban J connectivity index is 2.16. The van der Waals surface area contributed by atoms with Crippen LogP contribution in [0.15, 0.2) is 29.9 Å². The van der Waals surface area contributed by atoms with Crippen molar-refractivity contribution in [1.29, 1.82) is 0 Å². The molecular weight excluding hydrogens is 270 g/mol. The van der Waals surface area contributed by atoms with Crippen molar-refractivity contribution in [3.63, 3.8) is 0 Å². The minimum Gasteiger partial charge on any atom is -0.333 e. The predicted octanol–water partition coefficient (Wildman–Crippen LogP) is 3.32. The molecule has 20 heavy (non-hydrogen) atoms. The Morgan fingerprint density at radius 1 is 1.40 bits per heavy atom. The minimum absolute atomic E-state index is 0.00690. The van der Waals surface area contributed by atoms with Gasteiger partial charge in [-0.25, -0.2) is 4.98 Å². The minimum atomic E-state index is -0.0229. The molecular formula is C15H19N3OS. The van der Waals surface area contributed by atoms with E-state index in [9.17, 15) is 4.79 Å². The Morgan fingerprint density at radius 2 is 2.20 bits per heavy atom. The maximum atomic E-state index is 12.5. The van der Waals surface area contributed by atoms with Crippen molar-refractivity contribution in [1.82, 2.24) is 14.9 Å². The van der Waals surface area contributed by atoms with E-state index in [0.717, 1.165) is 23.5 Å². The van der Waals surface area contributed by atoms with Gasteiger partial charge in [0.25, 0.3) is 5.91 Å². The third-order valence-corrected chi connectivity index (χ3v) is 4.23. The van der Waals surface area contributed by atoms with E-state index < -0.39 is 0 Å². The Morgan fingerprint density at radius 3 is 2.85 bits per heavy atom. The van der Waals surface area contributed by atoms with E-state index in [4.69, 9.17) is 0 Å². The second kappa shape index (κ2) is 6.61. The molecule has 4 nitrogen and oxygen atoms in total. The van der Waals surface area contributed by atoms with E-state index in [2.05, 4.69) is 16.9 Å². The molecule has 2 heterocycles. The molecule has 0 saturated carbocycles. The summed E-state index contributed by atoms with van der Waals surface area (Å²) in [5.41, 5.74) is 1.66. The highest BCUT2D eigenvalue weighted by atomic mass is 32.1. The van der Waals surface area contributed by atoms with Crippen LogP contribution in [0.3, 0.4) is 0 Å². The van der Waals surface area contributed by atoms with Crippen LogP contribution in [0.5, 0.6) is 0 Å². The van der Waals surface area contributed by atoms with Gasteiger partial charge in [-0.3, -0.25) is 9.78 Å². The van der Waals surface area contributed by atoms with Crippen LogP contribution in [-0.2, 0) is 6.42 Å². The first-order chi connectivity index (χ1) is 9.63. The van der Waals surface area contributed by atoms with E-state index in [1.54, 1.807) is 34.7 Å². The van der Waals surface area contributed by atoms with Crippen LogP contribution in [0.4, 0.5) is 0 Å². The van der Waals surface area contributed by atoms with Gasteiger partial charge in [0.1, 0.15) is 5.01 Å². The van der Waals surface area contributed by atoms with Crippen LogP contribution < -0.4 is 0 Å². The molecule has 1 atom stereocenters. The molecule has 2 aromatic rings. The molecule has 0 aliphatic rings. The van der Waals surface area contributed by atoms with Crippen LogP contribution in [0.25, 0.3) is 0 Å². The van der Waals surface area contributed by atoms with Gasteiger partial charge in [0.2, 0.25) is 0 Å². The summed E-state index contributed by atoms with van der Waals surface area (Å²) in [6.45, 7) is 4.09. The molecule has 106 valence electrons. The maximum Gasteiger partial charge on any atom is 0.254 e. The number of nitrogens with zero attached hydrogens (tertiary/aromatic N) is 3. The maximum absolute atomic E-state index is 12.5. The third kappa shape index (κ3) is 3.22. The van der Waals surface area contributed by atoms with Crippen LogP contribution in [0.2, 0.25) is 0 Å². The van der Waals surface area contributed by atoms with Crippen molar-refractivity contribution >= 4 is 17.2 Å². The molecule has 0 saturated heterocycles. The quantitative estimate of drug-likeness (QED) is 0.848. The number of rotatable bonds is 5. The van der Waals surface area contributed by atoms with Crippen LogP contribution in [0.1, 0.15) is 47.4 Å². The summed E-state index contributed by atoms with van der Waals surface area (Å²) in [4.78, 5) is 22.8. The zero-order valence-corrected chi connectivity index (χ0v) is 12.9. The van der Waals surface area contributed by atoms with Crippen molar-refractivity contribution in [2.45, 2.75) is 32.7 Å². The van der Waals surface area contributed by atoms with Crippen LogP contribution in [0, 0.1) is 0 Å². The summed E-state index contributed by atoms with van der Waals surface area (Å²) < 4.78 is 0. The lowest BCUT2D eigenvalue weighted by atomic mass is 10.1. The van der Waals surface area contributed by atoms with Crippen molar-refractivity contribution in [2.75, 3.05) is 7.05 Å². The lowest BCUT2D eigenvalue weighted by molar-refractivity contribution is 0.0742. The number of aromatic nitrogens is 2. The number of aryl methyl sites for hydroxylation is 1. The van der Waals surface area contributed by atoms with Crippen molar-refractivity contribution in [3.8, 4) is 0 Å². The number of pyridine rings is 1. The molecule has 0 unspecified atom stereocenters. The molecule has 0 radical (unpaired) electrons. The zero-order chi connectivity index (χ0) is 14.5. The van der Waals surface area contributed by atoms with E-state index in [1.807, 2.05) is 25.4 Å². The number of carbonyl (C=O) groups excluding carboxylic acids is 1. The fraction of sp³-hybridized carbons (Fsp3) is 0.400. The van der Waals surface area contributed by atoms with Gasteiger partial charge in [-0.1, -0.05) is 13.3 Å². The van der Waals surface area contributed by atoms with Gasteiger partial charge in [0, 0.05) is 36.1 Å². The Labute approximate surface area is 123 Å². The monoisotopic (exact) mass is 289 g/mol. The summed E-state index contributed by atoms with van der Waals surface area (Å²) in [5, 5.41) is 2.87. The Kier molecular flexibility index (Phi) is 4.84. The highest BCUT2D eigenvalue weighted by Gasteiger charge is 2.20. The molecule has 0 spiro atoms. The molecule has 0 aliphatic carbocycles. The molecule has 1 amide bonds. The summed E-state index contributed by atoms with van der Waals surface area (Å²) in [5.74, 6) is 0.00690. The van der Waals surface area contributed by atoms with E-state index in [0.29, 0.717) is 5.56 Å². The Hall–Kier alpha value is -1.75. The zero-order valence-electron chi connectivity index (χ0n) is 12.0. The largest absolute Gasteiger partial charge is 0.333 e. The van der Waals surface area contributed by atoms with Gasteiger partial charge >= 0.3 is 0 Å². The summed E-state index contributed by atoms with van der Waals surface area (Å²) in [6.07, 6.45) is 5.39. The smallest absolute Gasteiger partial charge is 0.254 e. The van der Waals surface area contributed by atoms with E-state index >= 15 is 0 Å². The number of amides is 1. The van der Waals surface area contributed by atoms with Gasteiger partial charge in [0.15, 0.2) is 0 Å². The summed E-state index contributed by atoms with van der Waals surface area (Å²) in [6, 6.07) is 3.63. The predicted molar refractivity (Wildman–Crippen MR) is 80.9 cm³/mol. The average Bonchev–Trinajstić information content (AvgIpc) is 3.00. The second-order valence-corrected chi connectivity index (χ2v) is 5.67. The molecule has 0 aliphatic heterocycles. The first-order valence-electron chi connectivity index (χ1n) is 6.75. The van der Waals surface area contributed by atoms with Crippen molar-refractivity contribution < 1.29 is 4.79 Å². The Bertz CT molecular complexity index is 568. The summed E-state index contributed by atoms with van der Waals surface area (Å²) in [7, 11) is 1.81. The number of thiazole rings is 1. The number of hydrogen-bond donors (Lipinski definition) is 0. The lowest BCUT2D eigenvalue weighted by Crippen LogP contribution is -2.29. The van der Waals surface area contributed by atoms with Gasteiger partial charge in [-0.2, -0.15) is 0 Å². The fourth-order valence-electron chi connectivity index (χ4n) is 1.99. The van der Waals surface area contributed by atoms with Gasteiger partial charge in [-0.05, 0) is 25.5 Å². The van der Waals surface area contributed by atoms with Gasteiger partial charge in [0.05, 0.1) is 6.04 Å². The van der Waals surface area contributed by atoms with Crippen molar-refractivity contribution in [3.05, 3.63) is 46.2 Å².